The molecule has 0 N–H and O–H groups in total. The van der Waals surface area contributed by atoms with Crippen molar-refractivity contribution in [1.29, 1.82) is 0 Å². The maximum Gasteiger partial charge on any atom is 0.140 e. The van der Waals surface area contributed by atoms with Crippen LogP contribution in [0.4, 0.5) is 0 Å². The Hall–Kier alpha value is -3.03. The molecule has 30 heavy (non-hydrogen) atoms. The van der Waals surface area contributed by atoms with Gasteiger partial charge in [0.2, 0.25) is 0 Å². The molecule has 1 aliphatic rings. The number of rotatable bonds is 4. The average molecular weight is 403 g/mol. The third-order valence-corrected chi connectivity index (χ3v) is 5.77. The third kappa shape index (κ3) is 3.51. The van der Waals surface area contributed by atoms with Gasteiger partial charge >= 0.3 is 0 Å². The van der Waals surface area contributed by atoms with Crippen LogP contribution in [0.25, 0.3) is 16.9 Å². The van der Waals surface area contributed by atoms with Crippen molar-refractivity contribution in [1.82, 2.24) is 29.0 Å². The Morgan fingerprint density at radius 3 is 2.87 bits per heavy atom. The van der Waals surface area contributed by atoms with Crippen molar-refractivity contribution in [2.45, 2.75) is 26.5 Å². The molecule has 0 aliphatic carbocycles. The molecule has 4 aromatic heterocycles. The van der Waals surface area contributed by atoms with Crippen LogP contribution < -0.4 is 0 Å². The zero-order chi connectivity index (χ0) is 20.7. The van der Waals surface area contributed by atoms with E-state index >= 15 is 0 Å². The predicted molar refractivity (Wildman–Crippen MR) is 115 cm³/mol. The molecule has 4 aromatic rings. The second-order valence-corrected chi connectivity index (χ2v) is 7.97. The zero-order valence-electron chi connectivity index (χ0n) is 17.6. The Morgan fingerprint density at radius 2 is 2.03 bits per heavy atom. The molecule has 1 unspecified atom stereocenters. The van der Waals surface area contributed by atoms with Crippen LogP contribution >= 0.6 is 0 Å². The minimum absolute atomic E-state index is 0.0448. The Balaban J connectivity index is 1.37. The van der Waals surface area contributed by atoms with Crippen molar-refractivity contribution in [3.8, 4) is 11.3 Å². The number of imidazole rings is 1. The summed E-state index contributed by atoms with van der Waals surface area (Å²) in [5.74, 6) is 0. The lowest BCUT2D eigenvalue weighted by Gasteiger charge is -2.32. The van der Waals surface area contributed by atoms with Crippen LogP contribution in [-0.4, -0.2) is 48.7 Å². The Kier molecular flexibility index (Phi) is 4.84. The largest absolute Gasteiger partial charge is 0.369 e. The summed E-state index contributed by atoms with van der Waals surface area (Å²) in [4.78, 5) is 12.1. The molecule has 0 radical (unpaired) electrons. The molecular weight excluding hydrogens is 376 g/mol. The molecule has 154 valence electrons. The molecule has 0 amide bonds. The number of aryl methyl sites for hydroxylation is 3. The molecule has 1 atom stereocenters. The monoisotopic (exact) mass is 402 g/mol. The minimum Gasteiger partial charge on any atom is -0.369 e. The highest BCUT2D eigenvalue weighted by molar-refractivity contribution is 5.57. The third-order valence-electron chi connectivity index (χ3n) is 5.77. The Morgan fingerprint density at radius 1 is 1.13 bits per heavy atom. The standard InChI is InChI=1S/C23H26N6O/c1-16-6-5-9-29-21(17(2)25-23(16)29)14-28-10-11-30-22(15-28)20-8-4-7-19(26-20)18-12-24-27(3)13-18/h4-9,12-13,22H,10-11,14-15H2,1-3H3. The summed E-state index contributed by atoms with van der Waals surface area (Å²) in [6.07, 6.45) is 5.89. The van der Waals surface area contributed by atoms with Gasteiger partial charge in [-0.1, -0.05) is 12.1 Å². The lowest BCUT2D eigenvalue weighted by atomic mass is 10.1. The van der Waals surface area contributed by atoms with Crippen molar-refractivity contribution in [3.63, 3.8) is 0 Å². The molecule has 0 bridgehead atoms. The highest BCUT2D eigenvalue weighted by atomic mass is 16.5. The fraction of sp³-hybridized carbons (Fsp3) is 0.348. The van der Waals surface area contributed by atoms with Gasteiger partial charge in [-0.25, -0.2) is 9.97 Å². The summed E-state index contributed by atoms with van der Waals surface area (Å²) >= 11 is 0. The number of pyridine rings is 2. The molecule has 1 fully saturated rings. The lowest BCUT2D eigenvalue weighted by Crippen LogP contribution is -2.38. The summed E-state index contributed by atoms with van der Waals surface area (Å²) in [5.41, 5.74) is 7.48. The second-order valence-electron chi connectivity index (χ2n) is 7.97. The molecule has 7 heteroatoms. The van der Waals surface area contributed by atoms with Gasteiger partial charge in [0.1, 0.15) is 11.8 Å². The Bertz CT molecular complexity index is 1190. The van der Waals surface area contributed by atoms with Crippen LogP contribution in [0, 0.1) is 13.8 Å². The number of hydrogen-bond donors (Lipinski definition) is 0. The molecule has 7 nitrogen and oxygen atoms in total. The highest BCUT2D eigenvalue weighted by Crippen LogP contribution is 2.26. The summed E-state index contributed by atoms with van der Waals surface area (Å²) in [6.45, 7) is 7.45. The maximum atomic E-state index is 6.10. The van der Waals surface area contributed by atoms with Gasteiger partial charge in [-0.05, 0) is 37.6 Å². The van der Waals surface area contributed by atoms with E-state index in [1.165, 1.54) is 11.3 Å². The number of hydrogen-bond acceptors (Lipinski definition) is 5. The first kappa shape index (κ1) is 19.0. The fourth-order valence-electron chi connectivity index (χ4n) is 4.14. The average Bonchev–Trinajstić information content (AvgIpc) is 3.33. The van der Waals surface area contributed by atoms with Crippen molar-refractivity contribution in [3.05, 3.63) is 71.6 Å². The van der Waals surface area contributed by atoms with Crippen molar-refractivity contribution in [2.75, 3.05) is 19.7 Å². The zero-order valence-corrected chi connectivity index (χ0v) is 17.6. The van der Waals surface area contributed by atoms with Crippen molar-refractivity contribution < 1.29 is 4.74 Å². The highest BCUT2D eigenvalue weighted by Gasteiger charge is 2.25. The van der Waals surface area contributed by atoms with E-state index in [-0.39, 0.29) is 6.10 Å². The number of morpholine rings is 1. The lowest BCUT2D eigenvalue weighted by molar-refractivity contribution is -0.0354. The van der Waals surface area contributed by atoms with Crippen LogP contribution in [0.3, 0.4) is 0 Å². The van der Waals surface area contributed by atoms with Crippen molar-refractivity contribution >= 4 is 5.65 Å². The number of fused-ring (bicyclic) bond motifs is 1. The van der Waals surface area contributed by atoms with Gasteiger partial charge in [0.25, 0.3) is 0 Å². The smallest absolute Gasteiger partial charge is 0.140 e. The number of aromatic nitrogens is 5. The summed E-state index contributed by atoms with van der Waals surface area (Å²) < 4.78 is 10.1. The maximum absolute atomic E-state index is 6.10. The summed E-state index contributed by atoms with van der Waals surface area (Å²) in [7, 11) is 1.92. The quantitative estimate of drug-likeness (QED) is 0.524. The van der Waals surface area contributed by atoms with Gasteiger partial charge < -0.3 is 9.14 Å². The van der Waals surface area contributed by atoms with E-state index < -0.39 is 0 Å². The molecule has 0 aromatic carbocycles. The van der Waals surface area contributed by atoms with Gasteiger partial charge in [-0.3, -0.25) is 9.58 Å². The van der Waals surface area contributed by atoms with Crippen LogP contribution in [0.15, 0.2) is 48.9 Å². The normalized spacial score (nSPS) is 17.6. The first-order chi connectivity index (χ1) is 14.6. The van der Waals surface area contributed by atoms with Gasteiger partial charge in [0.05, 0.1) is 35.6 Å². The SMILES string of the molecule is Cc1nc2c(C)cccn2c1CN1CCOC(c2cccc(-c3cnn(C)c3)n2)C1. The fourth-order valence-corrected chi connectivity index (χ4v) is 4.14. The van der Waals surface area contributed by atoms with Gasteiger partial charge in [-0.2, -0.15) is 5.10 Å². The molecule has 5 rings (SSSR count). The first-order valence-corrected chi connectivity index (χ1v) is 10.3. The second kappa shape index (κ2) is 7.66. The van der Waals surface area contributed by atoms with Crippen LogP contribution in [-0.2, 0) is 18.3 Å². The summed E-state index contributed by atoms with van der Waals surface area (Å²) in [6, 6.07) is 10.3. The minimum atomic E-state index is -0.0448. The van der Waals surface area contributed by atoms with E-state index in [2.05, 4.69) is 52.6 Å². The number of nitrogens with zero attached hydrogens (tertiary/aromatic N) is 6. The van der Waals surface area contributed by atoms with Crippen LogP contribution in [0.2, 0.25) is 0 Å². The molecule has 1 aliphatic heterocycles. The molecule has 5 heterocycles. The topological polar surface area (TPSA) is 60.5 Å². The van der Waals surface area contributed by atoms with E-state index in [0.29, 0.717) is 6.61 Å². The summed E-state index contributed by atoms with van der Waals surface area (Å²) in [5, 5.41) is 4.26. The van der Waals surface area contributed by atoms with Crippen LogP contribution in [0.1, 0.15) is 28.7 Å². The predicted octanol–water partition coefficient (Wildman–Crippen LogP) is 3.32. The van der Waals surface area contributed by atoms with E-state index in [1.807, 2.05) is 31.6 Å². The van der Waals surface area contributed by atoms with E-state index in [9.17, 15) is 0 Å². The first-order valence-electron chi connectivity index (χ1n) is 10.3. The van der Waals surface area contributed by atoms with E-state index in [1.54, 1.807) is 4.68 Å². The molecule has 1 saturated heterocycles. The van der Waals surface area contributed by atoms with E-state index in [0.717, 1.165) is 47.9 Å². The van der Waals surface area contributed by atoms with Gasteiger partial charge in [0, 0.05) is 44.6 Å². The molecule has 0 saturated carbocycles. The van der Waals surface area contributed by atoms with Gasteiger partial charge in [-0.15, -0.1) is 0 Å². The van der Waals surface area contributed by atoms with E-state index in [4.69, 9.17) is 14.7 Å². The number of ether oxygens (including phenoxy) is 1. The van der Waals surface area contributed by atoms with Crippen LogP contribution in [0.5, 0.6) is 0 Å². The van der Waals surface area contributed by atoms with Crippen molar-refractivity contribution in [2.24, 2.45) is 7.05 Å². The molecule has 0 spiro atoms. The van der Waals surface area contributed by atoms with Gasteiger partial charge in [0.15, 0.2) is 0 Å². The molecular formula is C23H26N6O. The Labute approximate surface area is 175 Å².